The number of anilines is 2. The van der Waals surface area contributed by atoms with Crippen LogP contribution in [0.1, 0.15) is 28.5 Å². The molecule has 0 unspecified atom stereocenters. The maximum absolute atomic E-state index is 12.9. The summed E-state index contributed by atoms with van der Waals surface area (Å²) in [4.78, 5) is 18.6. The molecule has 0 saturated carbocycles. The van der Waals surface area contributed by atoms with E-state index in [4.69, 9.17) is 0 Å². The van der Waals surface area contributed by atoms with Crippen LogP contribution in [-0.2, 0) is 16.6 Å². The predicted molar refractivity (Wildman–Crippen MR) is 127 cm³/mol. The largest absolute Gasteiger partial charge is 0.331 e. The van der Waals surface area contributed by atoms with Crippen LogP contribution < -0.4 is 5.32 Å². The minimum Gasteiger partial charge on any atom is -0.331 e. The summed E-state index contributed by atoms with van der Waals surface area (Å²) in [5.41, 5.74) is 3.69. The zero-order valence-electron chi connectivity index (χ0n) is 18.1. The number of Topliss-reactive ketones (excluding diaryl/α,β-unsaturated/α-hetero) is 1. The van der Waals surface area contributed by atoms with E-state index in [0.717, 1.165) is 22.1 Å². The zero-order valence-corrected chi connectivity index (χ0v) is 19.7. The molecule has 2 aromatic carbocycles. The van der Waals surface area contributed by atoms with Crippen molar-refractivity contribution in [2.45, 2.75) is 25.3 Å². The Morgan fingerprint density at radius 1 is 1.06 bits per heavy atom. The van der Waals surface area contributed by atoms with Crippen LogP contribution in [0.25, 0.3) is 0 Å². The van der Waals surface area contributed by atoms with Gasteiger partial charge < -0.3 is 5.32 Å². The Morgan fingerprint density at radius 3 is 2.41 bits per heavy atom. The number of aromatic nitrogens is 1. The Bertz CT molecular complexity index is 1200. The summed E-state index contributed by atoms with van der Waals surface area (Å²) in [6.45, 7) is 6.35. The SMILES string of the molecule is CC(=O)c1ccc(S(=O)(=O)N2CCN(Cc3csc(Nc4ccccc4C)n3)CC2)cc1. The summed E-state index contributed by atoms with van der Waals surface area (Å²) in [6, 6.07) is 14.2. The van der Waals surface area contributed by atoms with Crippen LogP contribution in [0.4, 0.5) is 10.8 Å². The quantitative estimate of drug-likeness (QED) is 0.528. The highest BCUT2D eigenvalue weighted by Crippen LogP contribution is 2.24. The van der Waals surface area contributed by atoms with Gasteiger partial charge in [-0.3, -0.25) is 9.69 Å². The Kier molecular flexibility index (Phi) is 6.71. The molecule has 32 heavy (non-hydrogen) atoms. The number of hydrogen-bond donors (Lipinski definition) is 1. The van der Waals surface area contributed by atoms with Gasteiger partial charge in [0.2, 0.25) is 10.0 Å². The molecule has 1 aromatic heterocycles. The van der Waals surface area contributed by atoms with Crippen molar-refractivity contribution in [2.24, 2.45) is 0 Å². The van der Waals surface area contributed by atoms with E-state index in [1.807, 2.05) is 23.6 Å². The van der Waals surface area contributed by atoms with Crippen molar-refractivity contribution in [3.8, 4) is 0 Å². The van der Waals surface area contributed by atoms with E-state index in [2.05, 4.69) is 28.2 Å². The Morgan fingerprint density at radius 2 is 1.75 bits per heavy atom. The number of carbonyl (C=O) groups excluding carboxylic acids is 1. The second kappa shape index (κ2) is 9.50. The lowest BCUT2D eigenvalue weighted by atomic mass is 10.2. The number of sulfonamides is 1. The number of aryl methyl sites for hydroxylation is 1. The van der Waals surface area contributed by atoms with Gasteiger partial charge >= 0.3 is 0 Å². The standard InChI is InChI=1S/C23H26N4O3S2/c1-17-5-3-4-6-22(17)25-23-24-20(16-31-23)15-26-11-13-27(14-12-26)32(29,30)21-9-7-19(8-10-21)18(2)28/h3-10,16H,11-15H2,1-2H3,(H,24,25). The van der Waals surface area contributed by atoms with Gasteiger partial charge in [0.05, 0.1) is 10.6 Å². The van der Waals surface area contributed by atoms with Crippen LogP contribution in [0.2, 0.25) is 0 Å². The zero-order chi connectivity index (χ0) is 22.7. The highest BCUT2D eigenvalue weighted by molar-refractivity contribution is 7.89. The smallest absolute Gasteiger partial charge is 0.243 e. The fourth-order valence-electron chi connectivity index (χ4n) is 3.63. The second-order valence-electron chi connectivity index (χ2n) is 7.84. The van der Waals surface area contributed by atoms with Crippen LogP contribution in [-0.4, -0.2) is 54.6 Å². The van der Waals surface area contributed by atoms with Crippen LogP contribution in [0.15, 0.2) is 58.8 Å². The number of para-hydroxylation sites is 1. The van der Waals surface area contributed by atoms with Gasteiger partial charge in [-0.2, -0.15) is 4.31 Å². The van der Waals surface area contributed by atoms with Gasteiger partial charge in [0, 0.05) is 49.4 Å². The summed E-state index contributed by atoms with van der Waals surface area (Å²) in [6.07, 6.45) is 0. The number of nitrogens with one attached hydrogen (secondary N) is 1. The Hall–Kier alpha value is -2.59. The van der Waals surface area contributed by atoms with Crippen molar-refractivity contribution in [1.29, 1.82) is 0 Å². The Labute approximate surface area is 192 Å². The molecule has 7 nitrogen and oxygen atoms in total. The molecule has 3 aromatic rings. The first-order valence-electron chi connectivity index (χ1n) is 10.4. The van der Waals surface area contributed by atoms with Gasteiger partial charge in [-0.1, -0.05) is 30.3 Å². The number of hydrogen-bond acceptors (Lipinski definition) is 7. The number of piperazine rings is 1. The average molecular weight is 471 g/mol. The van der Waals surface area contributed by atoms with Gasteiger partial charge in [-0.25, -0.2) is 13.4 Å². The average Bonchev–Trinajstić information content (AvgIpc) is 3.22. The van der Waals surface area contributed by atoms with Crippen LogP contribution in [0.3, 0.4) is 0 Å². The van der Waals surface area contributed by atoms with Crippen molar-refractivity contribution in [3.63, 3.8) is 0 Å². The van der Waals surface area contributed by atoms with Gasteiger partial charge in [0.15, 0.2) is 10.9 Å². The first kappa shape index (κ1) is 22.6. The topological polar surface area (TPSA) is 82.6 Å². The minimum atomic E-state index is -3.56. The molecule has 0 amide bonds. The number of benzene rings is 2. The summed E-state index contributed by atoms with van der Waals surface area (Å²) in [5, 5.41) is 6.26. The lowest BCUT2D eigenvalue weighted by molar-refractivity contribution is 0.101. The molecule has 4 rings (SSSR count). The molecule has 0 spiro atoms. The molecule has 168 valence electrons. The molecule has 0 radical (unpaired) electrons. The second-order valence-corrected chi connectivity index (χ2v) is 10.6. The van der Waals surface area contributed by atoms with Crippen molar-refractivity contribution >= 4 is 38.0 Å². The lowest BCUT2D eigenvalue weighted by Crippen LogP contribution is -2.48. The van der Waals surface area contributed by atoms with Crippen molar-refractivity contribution in [1.82, 2.24) is 14.2 Å². The molecule has 1 N–H and O–H groups in total. The third kappa shape index (κ3) is 5.07. The van der Waals surface area contributed by atoms with Gasteiger partial charge in [0.25, 0.3) is 0 Å². The van der Waals surface area contributed by atoms with Crippen molar-refractivity contribution < 1.29 is 13.2 Å². The molecular weight excluding hydrogens is 444 g/mol. The normalized spacial score (nSPS) is 15.6. The minimum absolute atomic E-state index is 0.0816. The fraction of sp³-hybridized carbons (Fsp3) is 0.304. The van der Waals surface area contributed by atoms with Crippen LogP contribution >= 0.6 is 11.3 Å². The van der Waals surface area contributed by atoms with Crippen LogP contribution in [0.5, 0.6) is 0 Å². The molecule has 1 fully saturated rings. The van der Waals surface area contributed by atoms with E-state index in [9.17, 15) is 13.2 Å². The van der Waals surface area contributed by atoms with E-state index < -0.39 is 10.0 Å². The molecular formula is C23H26N4O3S2. The van der Waals surface area contributed by atoms with Crippen molar-refractivity contribution in [2.75, 3.05) is 31.5 Å². The third-order valence-electron chi connectivity index (χ3n) is 5.55. The summed E-state index contributed by atoms with van der Waals surface area (Å²) < 4.78 is 27.4. The highest BCUT2D eigenvalue weighted by Gasteiger charge is 2.28. The van der Waals surface area contributed by atoms with Gasteiger partial charge in [-0.15, -0.1) is 11.3 Å². The highest BCUT2D eigenvalue weighted by atomic mass is 32.2. The monoisotopic (exact) mass is 470 g/mol. The first-order valence-corrected chi connectivity index (χ1v) is 12.8. The van der Waals surface area contributed by atoms with E-state index in [-0.39, 0.29) is 10.7 Å². The molecule has 0 aliphatic carbocycles. The third-order valence-corrected chi connectivity index (χ3v) is 8.27. The predicted octanol–water partition coefficient (Wildman–Crippen LogP) is 3.90. The van der Waals surface area contributed by atoms with Gasteiger partial charge in [-0.05, 0) is 37.6 Å². The molecule has 1 aliphatic heterocycles. The first-order chi connectivity index (χ1) is 15.3. The van der Waals surface area contributed by atoms with E-state index in [1.165, 1.54) is 23.4 Å². The Balaban J connectivity index is 1.33. The molecule has 1 saturated heterocycles. The summed E-state index contributed by atoms with van der Waals surface area (Å²) in [7, 11) is -3.56. The van der Waals surface area contributed by atoms with E-state index in [0.29, 0.717) is 38.3 Å². The summed E-state index contributed by atoms with van der Waals surface area (Å²) in [5.74, 6) is -0.0816. The molecule has 0 bridgehead atoms. The van der Waals surface area contributed by atoms with Crippen LogP contribution in [0, 0.1) is 6.92 Å². The fourth-order valence-corrected chi connectivity index (χ4v) is 5.77. The lowest BCUT2D eigenvalue weighted by Gasteiger charge is -2.33. The number of carbonyl (C=O) groups is 1. The molecule has 0 atom stereocenters. The van der Waals surface area contributed by atoms with Crippen molar-refractivity contribution in [3.05, 3.63) is 70.7 Å². The van der Waals surface area contributed by atoms with E-state index in [1.54, 1.807) is 23.5 Å². The molecule has 1 aliphatic rings. The number of nitrogens with zero attached hydrogens (tertiary/aromatic N) is 3. The van der Waals surface area contributed by atoms with Gasteiger partial charge in [0.1, 0.15) is 0 Å². The molecule has 2 heterocycles. The number of ketones is 1. The number of rotatable bonds is 7. The van der Waals surface area contributed by atoms with E-state index >= 15 is 0 Å². The number of thiazole rings is 1. The molecule has 9 heteroatoms. The maximum Gasteiger partial charge on any atom is 0.243 e. The summed E-state index contributed by atoms with van der Waals surface area (Å²) >= 11 is 1.57. The maximum atomic E-state index is 12.9.